The van der Waals surface area contributed by atoms with Gasteiger partial charge in [-0.05, 0) is 60.2 Å². The van der Waals surface area contributed by atoms with Crippen molar-refractivity contribution in [2.45, 2.75) is 6.18 Å². The van der Waals surface area contributed by atoms with E-state index in [2.05, 4.69) is 5.32 Å². The molecular formula is C26H22F4N2O3. The molecule has 0 aromatic heterocycles. The van der Waals surface area contributed by atoms with E-state index >= 15 is 0 Å². The molecule has 3 rings (SSSR count). The van der Waals surface area contributed by atoms with Crippen LogP contribution >= 0.6 is 0 Å². The Morgan fingerprint density at radius 2 is 1.66 bits per heavy atom. The van der Waals surface area contributed by atoms with Gasteiger partial charge in [0.25, 0.3) is 5.91 Å². The number of benzene rings is 3. The first-order chi connectivity index (χ1) is 16.6. The minimum atomic E-state index is -4.90. The number of hydrogen-bond donors (Lipinski definition) is 2. The third-order valence-electron chi connectivity index (χ3n) is 5.17. The molecule has 0 atom stereocenters. The molecule has 0 aliphatic heterocycles. The van der Waals surface area contributed by atoms with Crippen LogP contribution in [-0.2, 0) is 6.18 Å². The smallest absolute Gasteiger partial charge is 0.395 e. The van der Waals surface area contributed by atoms with Crippen molar-refractivity contribution in [3.05, 3.63) is 101 Å². The number of allylic oxidation sites excluding steroid dienone is 1. The predicted octanol–water partition coefficient (Wildman–Crippen LogP) is 5.42. The first-order valence-corrected chi connectivity index (χ1v) is 10.5. The average molecular weight is 486 g/mol. The standard InChI is InChI=1S/C26H22F4N2O3/c1-32(15-16-33)20-12-5-17(6-13-20)7-14-23(34)18-8-10-19(11-9-18)31-25(35)24-21(26(28,29)30)3-2-4-22(24)27/h2-14,33H,15-16H2,1H3,(H,31,35)/b14-7+. The van der Waals surface area contributed by atoms with Crippen LogP contribution in [0.4, 0.5) is 28.9 Å². The van der Waals surface area contributed by atoms with Crippen molar-refractivity contribution < 1.29 is 32.3 Å². The number of carbonyl (C=O) groups excluding carboxylic acids is 2. The zero-order valence-electron chi connectivity index (χ0n) is 18.6. The van der Waals surface area contributed by atoms with Gasteiger partial charge in [0.05, 0.1) is 17.7 Å². The molecule has 3 aromatic rings. The third kappa shape index (κ3) is 6.54. The van der Waals surface area contributed by atoms with Crippen molar-refractivity contribution in [1.82, 2.24) is 0 Å². The number of carbonyl (C=O) groups is 2. The first-order valence-electron chi connectivity index (χ1n) is 10.5. The lowest BCUT2D eigenvalue weighted by molar-refractivity contribution is -0.138. The number of halogens is 4. The normalized spacial score (nSPS) is 11.5. The highest BCUT2D eigenvalue weighted by Crippen LogP contribution is 2.33. The van der Waals surface area contributed by atoms with E-state index in [4.69, 9.17) is 5.11 Å². The van der Waals surface area contributed by atoms with Gasteiger partial charge in [0, 0.05) is 30.5 Å². The van der Waals surface area contributed by atoms with E-state index in [9.17, 15) is 27.2 Å². The third-order valence-corrected chi connectivity index (χ3v) is 5.17. The summed E-state index contributed by atoms with van der Waals surface area (Å²) >= 11 is 0. The summed E-state index contributed by atoms with van der Waals surface area (Å²) in [6.45, 7) is 0.529. The molecule has 0 aliphatic rings. The van der Waals surface area contributed by atoms with E-state index in [1.807, 2.05) is 36.2 Å². The van der Waals surface area contributed by atoms with Gasteiger partial charge in [-0.1, -0.05) is 24.3 Å². The van der Waals surface area contributed by atoms with Crippen LogP contribution in [0.1, 0.15) is 31.8 Å². The van der Waals surface area contributed by atoms with Gasteiger partial charge in [0.2, 0.25) is 0 Å². The van der Waals surface area contributed by atoms with Crippen molar-refractivity contribution >= 4 is 29.1 Å². The van der Waals surface area contributed by atoms with Crippen molar-refractivity contribution in [2.24, 2.45) is 0 Å². The molecule has 0 aliphatic carbocycles. The van der Waals surface area contributed by atoms with E-state index in [1.54, 1.807) is 6.08 Å². The molecule has 1 amide bonds. The number of nitrogens with one attached hydrogen (secondary N) is 1. The van der Waals surface area contributed by atoms with Crippen molar-refractivity contribution in [1.29, 1.82) is 0 Å². The van der Waals surface area contributed by atoms with Gasteiger partial charge in [0.1, 0.15) is 5.82 Å². The largest absolute Gasteiger partial charge is 0.417 e. The number of aliphatic hydroxyl groups excluding tert-OH is 1. The lowest BCUT2D eigenvalue weighted by atomic mass is 10.0. The summed E-state index contributed by atoms with van der Waals surface area (Å²) in [7, 11) is 1.85. The monoisotopic (exact) mass is 486 g/mol. The van der Waals surface area contributed by atoms with Gasteiger partial charge in [0.15, 0.2) is 5.78 Å². The molecule has 35 heavy (non-hydrogen) atoms. The minimum Gasteiger partial charge on any atom is -0.395 e. The number of aliphatic hydroxyl groups is 1. The topological polar surface area (TPSA) is 69.6 Å². The summed E-state index contributed by atoms with van der Waals surface area (Å²) in [5.74, 6) is -2.86. The average Bonchev–Trinajstić information content (AvgIpc) is 2.82. The Morgan fingerprint density at radius 1 is 1.00 bits per heavy atom. The molecule has 0 radical (unpaired) electrons. The number of anilines is 2. The van der Waals surface area contributed by atoms with E-state index in [-0.39, 0.29) is 18.1 Å². The number of ketones is 1. The van der Waals surface area contributed by atoms with Crippen molar-refractivity contribution in [2.75, 3.05) is 30.4 Å². The summed E-state index contributed by atoms with van der Waals surface area (Å²) < 4.78 is 53.4. The lowest BCUT2D eigenvalue weighted by Gasteiger charge is -2.17. The summed E-state index contributed by atoms with van der Waals surface area (Å²) in [5.41, 5.74) is -0.377. The predicted molar refractivity (Wildman–Crippen MR) is 126 cm³/mol. The zero-order chi connectivity index (χ0) is 25.6. The Morgan fingerprint density at radius 3 is 2.26 bits per heavy atom. The molecule has 2 N–H and O–H groups in total. The van der Waals surface area contributed by atoms with Gasteiger partial charge in [-0.15, -0.1) is 0 Å². The SMILES string of the molecule is CN(CCO)c1ccc(/C=C/C(=O)c2ccc(NC(=O)c3c(F)cccc3C(F)(F)F)cc2)cc1. The second-order valence-electron chi connectivity index (χ2n) is 7.63. The van der Waals surface area contributed by atoms with Crippen LogP contribution in [0.15, 0.2) is 72.8 Å². The molecule has 0 unspecified atom stereocenters. The maximum absolute atomic E-state index is 14.0. The van der Waals surface area contributed by atoms with Crippen molar-refractivity contribution in [3.63, 3.8) is 0 Å². The molecule has 182 valence electrons. The Hall–Kier alpha value is -3.98. The fraction of sp³-hybridized carbons (Fsp3) is 0.154. The quantitative estimate of drug-likeness (QED) is 0.253. The summed E-state index contributed by atoms with van der Waals surface area (Å²) in [6, 6.07) is 15.2. The molecule has 0 spiro atoms. The zero-order valence-corrected chi connectivity index (χ0v) is 18.6. The van der Waals surface area contributed by atoms with E-state index in [1.165, 1.54) is 30.3 Å². The first kappa shape index (κ1) is 25.6. The summed E-state index contributed by atoms with van der Waals surface area (Å²) in [5, 5.41) is 11.2. The van der Waals surface area contributed by atoms with Crippen LogP contribution in [0.5, 0.6) is 0 Å². The van der Waals surface area contributed by atoms with Crippen molar-refractivity contribution in [3.8, 4) is 0 Å². The van der Waals surface area contributed by atoms with Gasteiger partial charge in [-0.25, -0.2) is 4.39 Å². The van der Waals surface area contributed by atoms with Crippen LogP contribution in [0.3, 0.4) is 0 Å². The second kappa shape index (κ2) is 11.0. The van der Waals surface area contributed by atoms with Gasteiger partial charge < -0.3 is 15.3 Å². The molecule has 0 saturated heterocycles. The molecule has 3 aromatic carbocycles. The Kier molecular flexibility index (Phi) is 8.03. The van der Waals surface area contributed by atoms with E-state index in [0.29, 0.717) is 18.2 Å². The number of likely N-dealkylation sites (N-methyl/N-ethyl adjacent to an activating group) is 1. The number of rotatable bonds is 8. The van der Waals surface area contributed by atoms with Crippen LogP contribution in [0.25, 0.3) is 6.08 Å². The van der Waals surface area contributed by atoms with Gasteiger partial charge in [-0.2, -0.15) is 13.2 Å². The van der Waals surface area contributed by atoms with E-state index in [0.717, 1.165) is 23.4 Å². The Bertz CT molecular complexity index is 1220. The van der Waals surface area contributed by atoms with Gasteiger partial charge >= 0.3 is 6.18 Å². The second-order valence-corrected chi connectivity index (χ2v) is 7.63. The van der Waals surface area contributed by atoms with Crippen LogP contribution in [0, 0.1) is 5.82 Å². The molecule has 0 saturated carbocycles. The minimum absolute atomic E-state index is 0.0346. The number of amides is 1. The van der Waals surface area contributed by atoms with Crippen LogP contribution < -0.4 is 10.2 Å². The highest BCUT2D eigenvalue weighted by atomic mass is 19.4. The maximum atomic E-state index is 14.0. The molecule has 0 fully saturated rings. The van der Waals surface area contributed by atoms with Crippen LogP contribution in [-0.4, -0.2) is 37.0 Å². The number of alkyl halides is 3. The highest BCUT2D eigenvalue weighted by molar-refractivity contribution is 6.08. The molecule has 0 heterocycles. The highest BCUT2D eigenvalue weighted by Gasteiger charge is 2.36. The molecule has 5 nitrogen and oxygen atoms in total. The maximum Gasteiger partial charge on any atom is 0.417 e. The molecular weight excluding hydrogens is 464 g/mol. The lowest BCUT2D eigenvalue weighted by Crippen LogP contribution is -2.20. The molecule has 9 heteroatoms. The summed E-state index contributed by atoms with van der Waals surface area (Å²) in [6.07, 6.45) is -1.90. The fourth-order valence-corrected chi connectivity index (χ4v) is 3.29. The Labute approximate surface area is 199 Å². The number of hydrogen-bond acceptors (Lipinski definition) is 4. The Balaban J connectivity index is 1.67. The van der Waals surface area contributed by atoms with Crippen LogP contribution in [0.2, 0.25) is 0 Å². The van der Waals surface area contributed by atoms with E-state index < -0.39 is 29.0 Å². The fourth-order valence-electron chi connectivity index (χ4n) is 3.29. The van der Waals surface area contributed by atoms with Gasteiger partial charge in [-0.3, -0.25) is 9.59 Å². The summed E-state index contributed by atoms with van der Waals surface area (Å²) in [4.78, 5) is 26.7. The number of nitrogens with zero attached hydrogens (tertiary/aromatic N) is 1. The molecule has 0 bridgehead atoms.